The SMILES string of the molecule is COC(=O)C(COCc1ccccc1)NCC(=O)CC[C@H](NC(=O)OC(C)(C)C)C(C)C. The Kier molecular flexibility index (Phi) is 11.9. The minimum Gasteiger partial charge on any atom is -0.468 e. The van der Waals surface area contributed by atoms with Crippen molar-refractivity contribution in [3.05, 3.63) is 35.9 Å². The van der Waals surface area contributed by atoms with Crippen molar-refractivity contribution in [1.29, 1.82) is 0 Å². The molecular formula is C24H38N2O6. The lowest BCUT2D eigenvalue weighted by Crippen LogP contribution is -2.44. The van der Waals surface area contributed by atoms with E-state index < -0.39 is 23.7 Å². The number of rotatable bonds is 13. The summed E-state index contributed by atoms with van der Waals surface area (Å²) in [6.45, 7) is 9.80. The van der Waals surface area contributed by atoms with Crippen LogP contribution < -0.4 is 10.6 Å². The molecule has 0 fully saturated rings. The lowest BCUT2D eigenvalue weighted by molar-refractivity contribution is -0.145. The number of esters is 1. The van der Waals surface area contributed by atoms with E-state index in [9.17, 15) is 14.4 Å². The van der Waals surface area contributed by atoms with E-state index >= 15 is 0 Å². The van der Waals surface area contributed by atoms with Crippen molar-refractivity contribution in [2.45, 2.75) is 71.8 Å². The molecule has 0 aliphatic rings. The van der Waals surface area contributed by atoms with E-state index in [0.717, 1.165) is 5.56 Å². The molecule has 0 aliphatic carbocycles. The summed E-state index contributed by atoms with van der Waals surface area (Å²) in [5, 5.41) is 5.76. The molecule has 0 aromatic heterocycles. The quantitative estimate of drug-likeness (QED) is 0.445. The van der Waals surface area contributed by atoms with E-state index in [1.165, 1.54) is 7.11 Å². The van der Waals surface area contributed by atoms with Gasteiger partial charge in [0.15, 0.2) is 0 Å². The lowest BCUT2D eigenvalue weighted by Gasteiger charge is -2.25. The van der Waals surface area contributed by atoms with Crippen molar-refractivity contribution in [3.63, 3.8) is 0 Å². The Morgan fingerprint density at radius 1 is 1.06 bits per heavy atom. The van der Waals surface area contributed by atoms with E-state index in [2.05, 4.69) is 10.6 Å². The molecule has 1 amide bonds. The first-order valence-corrected chi connectivity index (χ1v) is 11.0. The zero-order valence-corrected chi connectivity index (χ0v) is 20.1. The number of carbonyl (C=O) groups excluding carboxylic acids is 3. The number of Topliss-reactive ketones (excluding diaryl/α,β-unsaturated/α-hetero) is 1. The highest BCUT2D eigenvalue weighted by molar-refractivity contribution is 5.82. The Labute approximate surface area is 191 Å². The largest absolute Gasteiger partial charge is 0.468 e. The fourth-order valence-corrected chi connectivity index (χ4v) is 2.89. The van der Waals surface area contributed by atoms with Gasteiger partial charge in [-0.15, -0.1) is 0 Å². The van der Waals surface area contributed by atoms with E-state index in [1.807, 2.05) is 44.2 Å². The van der Waals surface area contributed by atoms with Crippen LogP contribution >= 0.6 is 0 Å². The summed E-state index contributed by atoms with van der Waals surface area (Å²) >= 11 is 0. The normalized spacial score (nSPS) is 13.3. The maximum Gasteiger partial charge on any atom is 0.407 e. The Morgan fingerprint density at radius 2 is 1.72 bits per heavy atom. The van der Waals surface area contributed by atoms with Gasteiger partial charge in [-0.05, 0) is 38.7 Å². The third-order valence-electron chi connectivity index (χ3n) is 4.67. The molecule has 8 heteroatoms. The average Bonchev–Trinajstić information content (AvgIpc) is 2.72. The van der Waals surface area contributed by atoms with E-state index in [4.69, 9.17) is 14.2 Å². The Hall–Kier alpha value is -2.45. The summed E-state index contributed by atoms with van der Waals surface area (Å²) in [4.78, 5) is 36.5. The van der Waals surface area contributed by atoms with Crippen molar-refractivity contribution < 1.29 is 28.6 Å². The summed E-state index contributed by atoms with van der Waals surface area (Å²) in [5.41, 5.74) is 0.404. The van der Waals surface area contributed by atoms with Gasteiger partial charge < -0.3 is 19.5 Å². The maximum atomic E-state index is 12.4. The molecule has 0 radical (unpaired) electrons. The highest BCUT2D eigenvalue weighted by Gasteiger charge is 2.23. The molecule has 1 aromatic rings. The van der Waals surface area contributed by atoms with Gasteiger partial charge in [0.25, 0.3) is 0 Å². The predicted molar refractivity (Wildman–Crippen MR) is 122 cm³/mol. The molecule has 0 aliphatic heterocycles. The number of benzene rings is 1. The fourth-order valence-electron chi connectivity index (χ4n) is 2.89. The molecule has 0 spiro atoms. The molecule has 2 N–H and O–H groups in total. The van der Waals surface area contributed by atoms with Crippen LogP contribution in [-0.4, -0.2) is 55.8 Å². The summed E-state index contributed by atoms with van der Waals surface area (Å²) in [5.74, 6) is -0.423. The van der Waals surface area contributed by atoms with Crippen LogP contribution in [0.2, 0.25) is 0 Å². The average molecular weight is 451 g/mol. The monoisotopic (exact) mass is 450 g/mol. The number of ether oxygens (including phenoxy) is 3. The van der Waals surface area contributed by atoms with Crippen LogP contribution in [0, 0.1) is 5.92 Å². The summed E-state index contributed by atoms with van der Waals surface area (Å²) in [6, 6.07) is 8.67. The topological polar surface area (TPSA) is 103 Å². The highest BCUT2D eigenvalue weighted by atomic mass is 16.6. The molecule has 0 heterocycles. The van der Waals surface area contributed by atoms with Crippen molar-refractivity contribution in [1.82, 2.24) is 10.6 Å². The summed E-state index contributed by atoms with van der Waals surface area (Å²) < 4.78 is 15.7. The molecule has 180 valence electrons. The second-order valence-corrected chi connectivity index (χ2v) is 9.03. The Morgan fingerprint density at radius 3 is 2.28 bits per heavy atom. The summed E-state index contributed by atoms with van der Waals surface area (Å²) in [7, 11) is 1.30. The van der Waals surface area contributed by atoms with E-state index in [-0.39, 0.29) is 37.3 Å². The number of ketones is 1. The molecule has 0 saturated heterocycles. The van der Waals surface area contributed by atoms with Crippen LogP contribution in [0.15, 0.2) is 30.3 Å². The second kappa shape index (κ2) is 13.9. The number of nitrogens with one attached hydrogen (secondary N) is 2. The zero-order valence-electron chi connectivity index (χ0n) is 20.1. The van der Waals surface area contributed by atoms with Crippen molar-refractivity contribution in [2.24, 2.45) is 5.92 Å². The minimum atomic E-state index is -0.742. The van der Waals surface area contributed by atoms with Gasteiger partial charge in [0.2, 0.25) is 0 Å². The molecule has 1 aromatic carbocycles. The van der Waals surface area contributed by atoms with Gasteiger partial charge in [0.05, 0.1) is 26.9 Å². The van der Waals surface area contributed by atoms with E-state index in [0.29, 0.717) is 13.0 Å². The second-order valence-electron chi connectivity index (χ2n) is 9.03. The molecule has 8 nitrogen and oxygen atoms in total. The van der Waals surface area contributed by atoms with Gasteiger partial charge in [-0.2, -0.15) is 0 Å². The van der Waals surface area contributed by atoms with Gasteiger partial charge in [-0.25, -0.2) is 4.79 Å². The van der Waals surface area contributed by atoms with Gasteiger partial charge in [-0.1, -0.05) is 44.2 Å². The Bertz CT molecular complexity index is 715. The number of hydrogen-bond donors (Lipinski definition) is 2. The third kappa shape index (κ3) is 11.8. The van der Waals surface area contributed by atoms with Crippen LogP contribution in [0.25, 0.3) is 0 Å². The number of amides is 1. The van der Waals surface area contributed by atoms with Crippen LogP contribution in [0.4, 0.5) is 4.79 Å². The number of methoxy groups -OCH3 is 1. The molecule has 32 heavy (non-hydrogen) atoms. The standard InChI is InChI=1S/C24H38N2O6/c1-17(2)20(26-23(29)32-24(3,4)5)13-12-19(27)14-25-21(22(28)30-6)16-31-15-18-10-8-7-9-11-18/h7-11,17,20-21,25H,12-16H2,1-6H3,(H,26,29)/t20-,21?/m0/s1. The highest BCUT2D eigenvalue weighted by Crippen LogP contribution is 2.12. The first-order chi connectivity index (χ1) is 15.0. The smallest absolute Gasteiger partial charge is 0.407 e. The first-order valence-electron chi connectivity index (χ1n) is 11.0. The number of carbonyl (C=O) groups is 3. The molecule has 0 saturated carbocycles. The van der Waals surface area contributed by atoms with Crippen LogP contribution in [0.3, 0.4) is 0 Å². The van der Waals surface area contributed by atoms with Crippen molar-refractivity contribution in [3.8, 4) is 0 Å². The zero-order chi connectivity index (χ0) is 24.1. The van der Waals surface area contributed by atoms with Crippen molar-refractivity contribution >= 4 is 17.8 Å². The van der Waals surface area contributed by atoms with E-state index in [1.54, 1.807) is 20.8 Å². The molecule has 1 unspecified atom stereocenters. The number of alkyl carbamates (subject to hydrolysis) is 1. The predicted octanol–water partition coefficient (Wildman–Crippen LogP) is 3.23. The van der Waals surface area contributed by atoms with Crippen molar-refractivity contribution in [2.75, 3.05) is 20.3 Å². The van der Waals surface area contributed by atoms with Crippen LogP contribution in [0.5, 0.6) is 0 Å². The fraction of sp³-hybridized carbons (Fsp3) is 0.625. The first kappa shape index (κ1) is 27.6. The lowest BCUT2D eigenvalue weighted by atomic mass is 9.98. The molecule has 1 rings (SSSR count). The van der Waals surface area contributed by atoms with Gasteiger partial charge >= 0.3 is 12.1 Å². The summed E-state index contributed by atoms with van der Waals surface area (Å²) in [6.07, 6.45) is 0.234. The minimum absolute atomic E-state index is 0.00567. The molecule has 0 bridgehead atoms. The number of hydrogen-bond acceptors (Lipinski definition) is 7. The Balaban J connectivity index is 2.47. The van der Waals surface area contributed by atoms with Gasteiger partial charge in [-0.3, -0.25) is 14.9 Å². The molecular weight excluding hydrogens is 412 g/mol. The maximum absolute atomic E-state index is 12.4. The third-order valence-corrected chi connectivity index (χ3v) is 4.67. The van der Waals surface area contributed by atoms with Crippen LogP contribution in [0.1, 0.15) is 53.0 Å². The van der Waals surface area contributed by atoms with Gasteiger partial charge in [0, 0.05) is 12.5 Å². The molecule has 2 atom stereocenters. The van der Waals surface area contributed by atoms with Gasteiger partial charge in [0.1, 0.15) is 17.4 Å². The van der Waals surface area contributed by atoms with Crippen LogP contribution in [-0.2, 0) is 30.4 Å².